The Morgan fingerprint density at radius 3 is 2.75 bits per heavy atom. The number of hydrogen-bond donors (Lipinski definition) is 2. The molecule has 1 aromatic carbocycles. The molecule has 0 saturated heterocycles. The van der Waals surface area contributed by atoms with Crippen molar-refractivity contribution in [3.63, 3.8) is 0 Å². The first-order valence-electron chi connectivity index (χ1n) is 4.86. The van der Waals surface area contributed by atoms with Gasteiger partial charge in [0.05, 0.1) is 11.0 Å². The minimum atomic E-state index is -0.653. The summed E-state index contributed by atoms with van der Waals surface area (Å²) in [6.45, 7) is 1.77. The van der Waals surface area contributed by atoms with Crippen LogP contribution in [0.1, 0.15) is 13.3 Å². The number of nitro benzene ring substituents is 1. The van der Waals surface area contributed by atoms with Gasteiger partial charge in [-0.2, -0.15) is 0 Å². The van der Waals surface area contributed by atoms with Crippen molar-refractivity contribution in [3.05, 3.63) is 34.4 Å². The highest BCUT2D eigenvalue weighted by atomic mass is 16.6. The average molecular weight is 223 g/mol. The SMILES string of the molecule is CCC(N)C(=O)Nc1ccccc1[N+](=O)[O-]. The molecule has 1 amide bonds. The molecule has 0 aliphatic heterocycles. The smallest absolute Gasteiger partial charge is 0.292 e. The van der Waals surface area contributed by atoms with Crippen LogP contribution in [0.15, 0.2) is 24.3 Å². The normalized spacial score (nSPS) is 11.9. The number of rotatable bonds is 4. The maximum atomic E-state index is 11.5. The molecule has 16 heavy (non-hydrogen) atoms. The number of carbonyl (C=O) groups is 1. The standard InChI is InChI=1S/C10H13N3O3/c1-2-7(11)10(14)12-8-5-3-4-6-9(8)13(15)16/h3-7H,2,11H2,1H3,(H,12,14). The van der Waals surface area contributed by atoms with Crippen LogP contribution in [0.4, 0.5) is 11.4 Å². The highest BCUT2D eigenvalue weighted by Gasteiger charge is 2.17. The topological polar surface area (TPSA) is 98.3 Å². The van der Waals surface area contributed by atoms with Crippen molar-refractivity contribution in [2.75, 3.05) is 5.32 Å². The summed E-state index contributed by atoms with van der Waals surface area (Å²) in [5.74, 6) is -0.420. The number of nitrogens with one attached hydrogen (secondary N) is 1. The molecule has 0 aliphatic carbocycles. The van der Waals surface area contributed by atoms with E-state index in [9.17, 15) is 14.9 Å². The van der Waals surface area contributed by atoms with E-state index in [4.69, 9.17) is 5.73 Å². The van der Waals surface area contributed by atoms with Gasteiger partial charge < -0.3 is 11.1 Å². The number of amides is 1. The van der Waals surface area contributed by atoms with Crippen LogP contribution in [0.2, 0.25) is 0 Å². The fourth-order valence-electron chi connectivity index (χ4n) is 1.15. The fourth-order valence-corrected chi connectivity index (χ4v) is 1.15. The molecule has 1 rings (SSSR count). The molecule has 6 heteroatoms. The third kappa shape index (κ3) is 2.77. The molecule has 0 bridgehead atoms. The number of nitro groups is 1. The molecule has 1 unspecified atom stereocenters. The van der Waals surface area contributed by atoms with Gasteiger partial charge in [-0.1, -0.05) is 19.1 Å². The Morgan fingerprint density at radius 1 is 1.56 bits per heavy atom. The van der Waals surface area contributed by atoms with E-state index in [0.717, 1.165) is 0 Å². The molecule has 1 atom stereocenters. The quantitative estimate of drug-likeness (QED) is 0.593. The van der Waals surface area contributed by atoms with Crippen molar-refractivity contribution in [2.24, 2.45) is 5.73 Å². The summed E-state index contributed by atoms with van der Waals surface area (Å²) in [4.78, 5) is 21.6. The molecule has 0 aromatic heterocycles. The lowest BCUT2D eigenvalue weighted by atomic mass is 10.2. The van der Waals surface area contributed by atoms with Gasteiger partial charge in [-0.15, -0.1) is 0 Å². The zero-order valence-electron chi connectivity index (χ0n) is 8.84. The zero-order chi connectivity index (χ0) is 12.1. The molecule has 0 heterocycles. The van der Waals surface area contributed by atoms with Crippen LogP contribution in [0.5, 0.6) is 0 Å². The van der Waals surface area contributed by atoms with Gasteiger partial charge in [-0.25, -0.2) is 0 Å². The second kappa shape index (κ2) is 5.22. The van der Waals surface area contributed by atoms with Gasteiger partial charge in [-0.05, 0) is 12.5 Å². The van der Waals surface area contributed by atoms with Crippen molar-refractivity contribution >= 4 is 17.3 Å². The Balaban J connectivity index is 2.89. The Kier molecular flexibility index (Phi) is 3.96. The first-order chi connectivity index (χ1) is 7.56. The van der Waals surface area contributed by atoms with Crippen molar-refractivity contribution in [1.82, 2.24) is 0 Å². The van der Waals surface area contributed by atoms with Crippen LogP contribution in [-0.4, -0.2) is 16.9 Å². The Morgan fingerprint density at radius 2 is 2.19 bits per heavy atom. The maximum Gasteiger partial charge on any atom is 0.292 e. The summed E-state index contributed by atoms with van der Waals surface area (Å²) in [5, 5.41) is 13.1. The summed E-state index contributed by atoms with van der Waals surface area (Å²) in [6, 6.07) is 5.29. The van der Waals surface area contributed by atoms with Crippen molar-refractivity contribution in [3.8, 4) is 0 Å². The van der Waals surface area contributed by atoms with Crippen LogP contribution in [-0.2, 0) is 4.79 Å². The zero-order valence-corrected chi connectivity index (χ0v) is 8.84. The molecule has 0 fully saturated rings. The van der Waals surface area contributed by atoms with Gasteiger partial charge >= 0.3 is 0 Å². The molecular formula is C10H13N3O3. The van der Waals surface area contributed by atoms with Crippen LogP contribution in [0, 0.1) is 10.1 Å². The lowest BCUT2D eigenvalue weighted by Gasteiger charge is -2.09. The first kappa shape index (κ1) is 12.1. The van der Waals surface area contributed by atoms with Crippen LogP contribution >= 0.6 is 0 Å². The molecule has 3 N–H and O–H groups in total. The minimum absolute atomic E-state index is 0.140. The highest BCUT2D eigenvalue weighted by molar-refractivity contribution is 5.96. The van der Waals surface area contributed by atoms with Gasteiger partial charge in [0.25, 0.3) is 5.69 Å². The number of carbonyl (C=O) groups excluding carboxylic acids is 1. The number of nitrogens with zero attached hydrogens (tertiary/aromatic N) is 1. The Hall–Kier alpha value is -1.95. The average Bonchev–Trinajstić information content (AvgIpc) is 2.28. The van der Waals surface area contributed by atoms with E-state index in [1.807, 2.05) is 0 Å². The molecule has 0 saturated carbocycles. The highest BCUT2D eigenvalue weighted by Crippen LogP contribution is 2.23. The minimum Gasteiger partial charge on any atom is -0.320 e. The predicted molar refractivity (Wildman–Crippen MR) is 60.0 cm³/mol. The van der Waals surface area contributed by atoms with E-state index in [1.165, 1.54) is 18.2 Å². The first-order valence-corrected chi connectivity index (χ1v) is 4.86. The van der Waals surface area contributed by atoms with Crippen LogP contribution in [0.3, 0.4) is 0 Å². The van der Waals surface area contributed by atoms with E-state index in [0.29, 0.717) is 6.42 Å². The van der Waals surface area contributed by atoms with E-state index in [2.05, 4.69) is 5.32 Å². The largest absolute Gasteiger partial charge is 0.320 e. The molecule has 86 valence electrons. The molecule has 0 spiro atoms. The van der Waals surface area contributed by atoms with E-state index in [1.54, 1.807) is 13.0 Å². The summed E-state index contributed by atoms with van der Waals surface area (Å²) in [6.07, 6.45) is 0.479. The summed E-state index contributed by atoms with van der Waals surface area (Å²) in [7, 11) is 0. The second-order valence-electron chi connectivity index (χ2n) is 3.28. The fraction of sp³-hybridized carbons (Fsp3) is 0.300. The third-order valence-electron chi connectivity index (χ3n) is 2.14. The van der Waals surface area contributed by atoms with Crippen molar-refractivity contribution < 1.29 is 9.72 Å². The maximum absolute atomic E-state index is 11.5. The summed E-state index contributed by atoms with van der Waals surface area (Å²) >= 11 is 0. The Labute approximate surface area is 92.6 Å². The summed E-state index contributed by atoms with van der Waals surface area (Å²) < 4.78 is 0. The number of benzene rings is 1. The van der Waals surface area contributed by atoms with Crippen molar-refractivity contribution in [1.29, 1.82) is 0 Å². The van der Waals surface area contributed by atoms with E-state index in [-0.39, 0.29) is 11.4 Å². The van der Waals surface area contributed by atoms with Gasteiger partial charge in [0.15, 0.2) is 0 Å². The van der Waals surface area contributed by atoms with Gasteiger partial charge in [0.1, 0.15) is 5.69 Å². The second-order valence-corrected chi connectivity index (χ2v) is 3.28. The molecular weight excluding hydrogens is 210 g/mol. The summed E-state index contributed by atoms with van der Waals surface area (Å²) in [5.41, 5.74) is 5.54. The van der Waals surface area contributed by atoms with E-state index < -0.39 is 16.9 Å². The number of para-hydroxylation sites is 2. The van der Waals surface area contributed by atoms with Gasteiger partial charge in [0, 0.05) is 6.07 Å². The number of anilines is 1. The number of hydrogen-bond acceptors (Lipinski definition) is 4. The predicted octanol–water partition coefficient (Wildman–Crippen LogP) is 1.27. The lowest BCUT2D eigenvalue weighted by molar-refractivity contribution is -0.383. The van der Waals surface area contributed by atoms with Gasteiger partial charge in [-0.3, -0.25) is 14.9 Å². The van der Waals surface area contributed by atoms with Crippen molar-refractivity contribution in [2.45, 2.75) is 19.4 Å². The van der Waals surface area contributed by atoms with Gasteiger partial charge in [0.2, 0.25) is 5.91 Å². The number of nitrogens with two attached hydrogens (primary N) is 1. The third-order valence-corrected chi connectivity index (χ3v) is 2.14. The van der Waals surface area contributed by atoms with Crippen LogP contribution in [0.25, 0.3) is 0 Å². The molecule has 1 aromatic rings. The lowest BCUT2D eigenvalue weighted by Crippen LogP contribution is -2.34. The Bertz CT molecular complexity index is 406. The molecule has 0 radical (unpaired) electrons. The molecule has 0 aliphatic rings. The van der Waals surface area contributed by atoms with E-state index >= 15 is 0 Å². The van der Waals surface area contributed by atoms with Crippen LogP contribution < -0.4 is 11.1 Å². The monoisotopic (exact) mass is 223 g/mol. The molecule has 6 nitrogen and oxygen atoms in total.